The van der Waals surface area contributed by atoms with Gasteiger partial charge in [-0.05, 0) is 37.6 Å². The topological polar surface area (TPSA) is 55.1 Å². The zero-order valence-electron chi connectivity index (χ0n) is 10.4. The van der Waals surface area contributed by atoms with Crippen molar-refractivity contribution in [2.75, 3.05) is 0 Å². The van der Waals surface area contributed by atoms with Gasteiger partial charge in [-0.3, -0.25) is 0 Å². The molecule has 2 aromatic rings. The van der Waals surface area contributed by atoms with E-state index in [4.69, 9.17) is 5.11 Å². The number of benzene rings is 1. The van der Waals surface area contributed by atoms with Crippen molar-refractivity contribution in [3.05, 3.63) is 41.1 Å². The van der Waals surface area contributed by atoms with Crippen molar-refractivity contribution >= 4 is 5.97 Å². The van der Waals surface area contributed by atoms with Crippen LogP contribution in [0.3, 0.4) is 0 Å². The molecule has 0 spiro atoms. The number of imidazole rings is 1. The fourth-order valence-corrected chi connectivity index (χ4v) is 1.88. The molecule has 0 aliphatic heterocycles. The molecule has 0 aliphatic rings. The number of carboxylic acid groups (broad SMARTS) is 1. The summed E-state index contributed by atoms with van der Waals surface area (Å²) in [5, 5.41) is 9.14. The first-order chi connectivity index (χ1) is 8.41. The number of aryl methyl sites for hydroxylation is 2. The maximum absolute atomic E-state index is 13.2. The van der Waals surface area contributed by atoms with Gasteiger partial charge >= 0.3 is 5.97 Å². The van der Waals surface area contributed by atoms with E-state index < -0.39 is 5.97 Å². The lowest BCUT2D eigenvalue weighted by molar-refractivity contribution is 0.0692. The molecule has 0 aliphatic carbocycles. The summed E-state index contributed by atoms with van der Waals surface area (Å²) in [4.78, 5) is 15.2. The van der Waals surface area contributed by atoms with Gasteiger partial charge in [0.2, 0.25) is 0 Å². The quantitative estimate of drug-likeness (QED) is 0.888. The average molecular weight is 248 g/mol. The van der Waals surface area contributed by atoms with Crippen molar-refractivity contribution in [2.45, 2.75) is 13.8 Å². The van der Waals surface area contributed by atoms with Gasteiger partial charge < -0.3 is 9.67 Å². The predicted octanol–water partition coefficient (Wildman–Crippen LogP) is 2.54. The molecule has 5 heteroatoms. The van der Waals surface area contributed by atoms with Crippen LogP contribution in [-0.2, 0) is 7.05 Å². The standard InChI is InChI=1S/C13H13FN2O2/c1-7-6-9(4-5-10(7)14)12-11(13(17)18)15-8(2)16(12)3/h4-6H,1-3H3,(H,17,18). The molecule has 0 radical (unpaired) electrons. The van der Waals surface area contributed by atoms with Crippen molar-refractivity contribution in [1.29, 1.82) is 0 Å². The van der Waals surface area contributed by atoms with Crippen molar-refractivity contribution in [1.82, 2.24) is 9.55 Å². The predicted molar refractivity (Wildman–Crippen MR) is 65.0 cm³/mol. The van der Waals surface area contributed by atoms with E-state index in [2.05, 4.69) is 4.98 Å². The fourth-order valence-electron chi connectivity index (χ4n) is 1.88. The molecule has 0 saturated carbocycles. The molecule has 18 heavy (non-hydrogen) atoms. The summed E-state index contributed by atoms with van der Waals surface area (Å²) in [7, 11) is 1.74. The van der Waals surface area contributed by atoms with Crippen molar-refractivity contribution in [3.63, 3.8) is 0 Å². The second-order valence-electron chi connectivity index (χ2n) is 4.18. The van der Waals surface area contributed by atoms with Crippen molar-refractivity contribution in [2.24, 2.45) is 7.05 Å². The molecule has 0 amide bonds. The van der Waals surface area contributed by atoms with E-state index in [1.165, 1.54) is 6.07 Å². The summed E-state index contributed by atoms with van der Waals surface area (Å²) >= 11 is 0. The van der Waals surface area contributed by atoms with Gasteiger partial charge in [0.15, 0.2) is 5.69 Å². The molecule has 0 fully saturated rings. The normalized spacial score (nSPS) is 10.7. The Morgan fingerprint density at radius 2 is 2.06 bits per heavy atom. The Hall–Kier alpha value is -2.17. The zero-order valence-corrected chi connectivity index (χ0v) is 10.4. The Morgan fingerprint density at radius 3 is 2.61 bits per heavy atom. The summed E-state index contributed by atoms with van der Waals surface area (Å²) in [6.07, 6.45) is 0. The lowest BCUT2D eigenvalue weighted by atomic mass is 10.1. The molecular weight excluding hydrogens is 235 g/mol. The molecular formula is C13H13FN2O2. The molecule has 1 heterocycles. The summed E-state index contributed by atoms with van der Waals surface area (Å²) in [6, 6.07) is 4.52. The van der Waals surface area contributed by atoms with E-state index in [0.717, 1.165) is 0 Å². The first kappa shape index (κ1) is 12.3. The highest BCUT2D eigenvalue weighted by Crippen LogP contribution is 2.26. The van der Waals surface area contributed by atoms with Gasteiger partial charge in [0, 0.05) is 12.6 Å². The zero-order chi connectivity index (χ0) is 13.4. The molecule has 2 rings (SSSR count). The number of hydrogen-bond donors (Lipinski definition) is 1. The number of halogens is 1. The first-order valence-corrected chi connectivity index (χ1v) is 5.45. The third kappa shape index (κ3) is 1.88. The SMILES string of the molecule is Cc1cc(-c2c(C(=O)O)nc(C)n2C)ccc1F. The number of rotatable bonds is 2. The molecule has 1 aromatic carbocycles. The first-order valence-electron chi connectivity index (χ1n) is 5.45. The van der Waals surface area contributed by atoms with Gasteiger partial charge in [-0.15, -0.1) is 0 Å². The molecule has 1 N–H and O–H groups in total. The van der Waals surface area contributed by atoms with Gasteiger partial charge in [0.1, 0.15) is 11.6 Å². The van der Waals surface area contributed by atoms with Crippen LogP contribution in [0.2, 0.25) is 0 Å². The molecule has 94 valence electrons. The maximum atomic E-state index is 13.2. The van der Waals surface area contributed by atoms with Crippen LogP contribution in [0.25, 0.3) is 11.3 Å². The lowest BCUT2D eigenvalue weighted by Gasteiger charge is -2.06. The van der Waals surface area contributed by atoms with Crippen LogP contribution >= 0.6 is 0 Å². The monoisotopic (exact) mass is 248 g/mol. The molecule has 0 unspecified atom stereocenters. The Kier molecular flexibility index (Phi) is 2.90. The minimum absolute atomic E-state index is 0.0130. The third-order valence-corrected chi connectivity index (χ3v) is 2.95. The van der Waals surface area contributed by atoms with Crippen LogP contribution in [0.5, 0.6) is 0 Å². The van der Waals surface area contributed by atoms with Gasteiger partial charge in [-0.2, -0.15) is 0 Å². The highest BCUT2D eigenvalue weighted by Gasteiger charge is 2.20. The van der Waals surface area contributed by atoms with E-state index in [-0.39, 0.29) is 11.5 Å². The highest BCUT2D eigenvalue weighted by molar-refractivity contribution is 5.93. The molecule has 1 aromatic heterocycles. The Labute approximate surface area is 104 Å². The average Bonchev–Trinajstić information content (AvgIpc) is 2.60. The molecule has 0 atom stereocenters. The van der Waals surface area contributed by atoms with E-state index in [0.29, 0.717) is 22.6 Å². The number of carboxylic acids is 1. The van der Waals surface area contributed by atoms with Crippen molar-refractivity contribution in [3.8, 4) is 11.3 Å². The number of aromatic nitrogens is 2. The number of nitrogens with zero attached hydrogens (tertiary/aromatic N) is 2. The molecule has 0 saturated heterocycles. The van der Waals surface area contributed by atoms with Crippen LogP contribution in [0.15, 0.2) is 18.2 Å². The highest BCUT2D eigenvalue weighted by atomic mass is 19.1. The van der Waals surface area contributed by atoms with Crippen LogP contribution in [0.4, 0.5) is 4.39 Å². The second-order valence-corrected chi connectivity index (χ2v) is 4.18. The van der Waals surface area contributed by atoms with Gasteiger partial charge in [-0.1, -0.05) is 0 Å². The summed E-state index contributed by atoms with van der Waals surface area (Å²) in [5.41, 5.74) is 1.60. The van der Waals surface area contributed by atoms with Crippen LogP contribution < -0.4 is 0 Å². The van der Waals surface area contributed by atoms with Crippen molar-refractivity contribution < 1.29 is 14.3 Å². The van der Waals surface area contributed by atoms with E-state index >= 15 is 0 Å². The Bertz CT molecular complexity index is 632. The number of hydrogen-bond acceptors (Lipinski definition) is 2. The van der Waals surface area contributed by atoms with Crippen LogP contribution in [0, 0.1) is 19.7 Å². The lowest BCUT2D eigenvalue weighted by Crippen LogP contribution is -2.01. The Balaban J connectivity index is 2.69. The van der Waals surface area contributed by atoms with E-state index in [1.54, 1.807) is 37.6 Å². The summed E-state index contributed by atoms with van der Waals surface area (Å²) < 4.78 is 14.9. The second kappa shape index (κ2) is 4.25. The van der Waals surface area contributed by atoms with Gasteiger partial charge in [0.05, 0.1) is 5.69 Å². The van der Waals surface area contributed by atoms with Crippen LogP contribution in [0.1, 0.15) is 21.9 Å². The van der Waals surface area contributed by atoms with Gasteiger partial charge in [-0.25, -0.2) is 14.2 Å². The largest absolute Gasteiger partial charge is 0.476 e. The number of carbonyl (C=O) groups is 1. The molecule has 0 bridgehead atoms. The fraction of sp³-hybridized carbons (Fsp3) is 0.231. The summed E-state index contributed by atoms with van der Waals surface area (Å²) in [5.74, 6) is -0.797. The minimum Gasteiger partial charge on any atom is -0.476 e. The number of aromatic carboxylic acids is 1. The summed E-state index contributed by atoms with van der Waals surface area (Å²) in [6.45, 7) is 3.37. The van der Waals surface area contributed by atoms with Gasteiger partial charge in [0.25, 0.3) is 0 Å². The minimum atomic E-state index is -1.09. The van der Waals surface area contributed by atoms with E-state index in [1.807, 2.05) is 0 Å². The molecule has 4 nitrogen and oxygen atoms in total. The smallest absolute Gasteiger partial charge is 0.356 e. The third-order valence-electron chi connectivity index (χ3n) is 2.95. The van der Waals surface area contributed by atoms with Crippen LogP contribution in [-0.4, -0.2) is 20.6 Å². The maximum Gasteiger partial charge on any atom is 0.356 e. The Morgan fingerprint density at radius 1 is 1.39 bits per heavy atom. The van der Waals surface area contributed by atoms with E-state index in [9.17, 15) is 9.18 Å².